The van der Waals surface area contributed by atoms with Crippen molar-refractivity contribution in [3.8, 4) is 0 Å². The van der Waals surface area contributed by atoms with Crippen LogP contribution in [-0.2, 0) is 0 Å². The molecule has 1 heterocycles. The number of thiazole rings is 1. The van der Waals surface area contributed by atoms with Crippen molar-refractivity contribution >= 4 is 39.7 Å². The van der Waals surface area contributed by atoms with Gasteiger partial charge in [-0.1, -0.05) is 11.6 Å². The molecule has 2 aromatic rings. The van der Waals surface area contributed by atoms with Crippen LogP contribution in [0.15, 0.2) is 18.2 Å². The van der Waals surface area contributed by atoms with Crippen molar-refractivity contribution in [2.24, 2.45) is 0 Å². The predicted molar refractivity (Wildman–Crippen MR) is 77.6 cm³/mol. The maximum absolute atomic E-state index is 12.0. The maximum Gasteiger partial charge on any atom is 0.288 e. The Morgan fingerprint density at radius 2 is 2.15 bits per heavy atom. The molecule has 0 bridgehead atoms. The minimum absolute atomic E-state index is 0.00696. The first kappa shape index (κ1) is 14.4. The SMILES string of the molecule is Cc1nc(NC(=O)c2ccc(Cl)c([N+](=O)[O-])c2)sc1C. The van der Waals surface area contributed by atoms with Gasteiger partial charge in [-0.3, -0.25) is 20.2 Å². The quantitative estimate of drug-likeness (QED) is 0.693. The first-order chi connectivity index (χ1) is 9.38. The molecule has 8 heteroatoms. The van der Waals surface area contributed by atoms with Crippen LogP contribution in [0.25, 0.3) is 0 Å². The number of hydrogen-bond acceptors (Lipinski definition) is 5. The summed E-state index contributed by atoms with van der Waals surface area (Å²) in [5, 5.41) is 13.8. The summed E-state index contributed by atoms with van der Waals surface area (Å²) in [4.78, 5) is 27.3. The predicted octanol–water partition coefficient (Wildman–Crippen LogP) is 3.57. The van der Waals surface area contributed by atoms with Crippen molar-refractivity contribution in [3.05, 3.63) is 49.5 Å². The molecule has 0 spiro atoms. The van der Waals surface area contributed by atoms with Gasteiger partial charge in [0.05, 0.1) is 10.6 Å². The van der Waals surface area contributed by atoms with Crippen LogP contribution in [0.3, 0.4) is 0 Å². The van der Waals surface area contributed by atoms with Gasteiger partial charge in [-0.15, -0.1) is 11.3 Å². The minimum atomic E-state index is -0.628. The molecule has 1 aromatic heterocycles. The smallest absolute Gasteiger partial charge is 0.288 e. The minimum Gasteiger partial charge on any atom is -0.298 e. The zero-order valence-electron chi connectivity index (χ0n) is 10.6. The molecule has 0 unspecified atom stereocenters. The van der Waals surface area contributed by atoms with Gasteiger partial charge in [0.2, 0.25) is 0 Å². The first-order valence-corrected chi connectivity index (χ1v) is 6.77. The van der Waals surface area contributed by atoms with Gasteiger partial charge in [0.25, 0.3) is 11.6 Å². The molecule has 0 aliphatic heterocycles. The summed E-state index contributed by atoms with van der Waals surface area (Å²) in [5.41, 5.74) is 0.699. The molecule has 0 aliphatic rings. The first-order valence-electron chi connectivity index (χ1n) is 5.58. The average Bonchev–Trinajstić information content (AvgIpc) is 2.68. The lowest BCUT2D eigenvalue weighted by Gasteiger charge is -2.02. The van der Waals surface area contributed by atoms with Gasteiger partial charge in [-0.25, -0.2) is 4.98 Å². The summed E-state index contributed by atoms with van der Waals surface area (Å²) in [7, 11) is 0. The number of amides is 1. The Morgan fingerprint density at radius 3 is 2.70 bits per heavy atom. The molecule has 6 nitrogen and oxygen atoms in total. The van der Waals surface area contributed by atoms with Gasteiger partial charge in [0, 0.05) is 16.5 Å². The highest BCUT2D eigenvalue weighted by molar-refractivity contribution is 7.15. The number of halogens is 1. The van der Waals surface area contributed by atoms with Crippen molar-refractivity contribution < 1.29 is 9.72 Å². The van der Waals surface area contributed by atoms with Gasteiger partial charge in [-0.2, -0.15) is 0 Å². The molecule has 1 N–H and O–H groups in total. The third-order valence-electron chi connectivity index (χ3n) is 2.65. The number of nitrogens with zero attached hydrogens (tertiary/aromatic N) is 2. The number of aryl methyl sites for hydroxylation is 2. The third-order valence-corrected chi connectivity index (χ3v) is 3.96. The molecule has 2 rings (SSSR count). The number of nitro benzene ring substituents is 1. The Bertz CT molecular complexity index is 680. The second-order valence-electron chi connectivity index (χ2n) is 4.04. The highest BCUT2D eigenvalue weighted by Gasteiger charge is 2.17. The number of hydrogen-bond donors (Lipinski definition) is 1. The van der Waals surface area contributed by atoms with E-state index in [0.29, 0.717) is 5.13 Å². The van der Waals surface area contributed by atoms with Crippen LogP contribution in [0.4, 0.5) is 10.8 Å². The van der Waals surface area contributed by atoms with E-state index >= 15 is 0 Å². The van der Waals surface area contributed by atoms with Gasteiger partial charge in [-0.05, 0) is 26.0 Å². The average molecular weight is 312 g/mol. The lowest BCUT2D eigenvalue weighted by Crippen LogP contribution is -2.12. The van der Waals surface area contributed by atoms with E-state index in [-0.39, 0.29) is 16.3 Å². The molecule has 20 heavy (non-hydrogen) atoms. The Labute approximate surface area is 123 Å². The van der Waals surface area contributed by atoms with Crippen molar-refractivity contribution in [1.29, 1.82) is 0 Å². The lowest BCUT2D eigenvalue weighted by molar-refractivity contribution is -0.384. The third kappa shape index (κ3) is 2.94. The fourth-order valence-corrected chi connectivity index (χ4v) is 2.49. The van der Waals surface area contributed by atoms with Crippen molar-refractivity contribution in [1.82, 2.24) is 4.98 Å². The van der Waals surface area contributed by atoms with Gasteiger partial charge < -0.3 is 0 Å². The van der Waals surface area contributed by atoms with Crippen LogP contribution in [0.1, 0.15) is 20.9 Å². The number of nitro groups is 1. The summed E-state index contributed by atoms with van der Waals surface area (Å²) in [5.74, 6) is -0.460. The Morgan fingerprint density at radius 1 is 1.45 bits per heavy atom. The number of benzene rings is 1. The van der Waals surface area contributed by atoms with Crippen LogP contribution in [0.2, 0.25) is 5.02 Å². The normalized spacial score (nSPS) is 10.3. The molecule has 104 valence electrons. The van der Waals surface area contributed by atoms with Crippen LogP contribution >= 0.6 is 22.9 Å². The summed E-state index contributed by atoms with van der Waals surface area (Å²) in [6, 6.07) is 3.90. The largest absolute Gasteiger partial charge is 0.298 e. The van der Waals surface area contributed by atoms with Crippen molar-refractivity contribution in [2.45, 2.75) is 13.8 Å². The summed E-state index contributed by atoms with van der Waals surface area (Å²) in [6.07, 6.45) is 0. The molecule has 0 fully saturated rings. The summed E-state index contributed by atoms with van der Waals surface area (Å²) < 4.78 is 0. The van der Waals surface area contributed by atoms with Crippen LogP contribution in [0.5, 0.6) is 0 Å². The topological polar surface area (TPSA) is 85.1 Å². The van der Waals surface area contributed by atoms with E-state index in [0.717, 1.165) is 16.6 Å². The Balaban J connectivity index is 2.25. The van der Waals surface area contributed by atoms with Gasteiger partial charge in [0.15, 0.2) is 5.13 Å². The van der Waals surface area contributed by atoms with E-state index in [1.807, 2.05) is 13.8 Å². The summed E-state index contributed by atoms with van der Waals surface area (Å²) in [6.45, 7) is 3.74. The molecule has 1 amide bonds. The van der Waals surface area contributed by atoms with Crippen LogP contribution in [-0.4, -0.2) is 15.8 Å². The molecule has 0 saturated heterocycles. The van der Waals surface area contributed by atoms with Gasteiger partial charge >= 0.3 is 0 Å². The highest BCUT2D eigenvalue weighted by Crippen LogP contribution is 2.26. The number of carbonyl (C=O) groups excluding carboxylic acids is 1. The Hall–Kier alpha value is -1.99. The molecule has 0 radical (unpaired) electrons. The van der Waals surface area contributed by atoms with E-state index < -0.39 is 10.8 Å². The van der Waals surface area contributed by atoms with E-state index in [4.69, 9.17) is 11.6 Å². The molecule has 0 saturated carbocycles. The molecule has 1 aromatic carbocycles. The molecular formula is C12H10ClN3O3S. The molecule has 0 aliphatic carbocycles. The van der Waals surface area contributed by atoms with E-state index in [2.05, 4.69) is 10.3 Å². The zero-order chi connectivity index (χ0) is 14.9. The second-order valence-corrected chi connectivity index (χ2v) is 5.65. The number of nitrogens with one attached hydrogen (secondary N) is 1. The van der Waals surface area contributed by atoms with Crippen molar-refractivity contribution in [3.63, 3.8) is 0 Å². The highest BCUT2D eigenvalue weighted by atomic mass is 35.5. The monoisotopic (exact) mass is 311 g/mol. The van der Waals surface area contributed by atoms with Crippen LogP contribution < -0.4 is 5.32 Å². The molecule has 0 atom stereocenters. The molecular weight excluding hydrogens is 302 g/mol. The van der Waals surface area contributed by atoms with Gasteiger partial charge in [0.1, 0.15) is 5.02 Å². The number of rotatable bonds is 3. The lowest BCUT2D eigenvalue weighted by atomic mass is 10.2. The number of aromatic nitrogens is 1. The van der Waals surface area contributed by atoms with Crippen LogP contribution in [0, 0.1) is 24.0 Å². The van der Waals surface area contributed by atoms with Crippen molar-refractivity contribution in [2.75, 3.05) is 5.32 Å². The zero-order valence-corrected chi connectivity index (χ0v) is 12.2. The van der Waals surface area contributed by atoms with E-state index in [1.165, 1.54) is 23.5 Å². The summed E-state index contributed by atoms with van der Waals surface area (Å²) >= 11 is 7.04. The van der Waals surface area contributed by atoms with E-state index in [1.54, 1.807) is 0 Å². The second kappa shape index (κ2) is 5.56. The fourth-order valence-electron chi connectivity index (χ4n) is 1.49. The number of anilines is 1. The Kier molecular flexibility index (Phi) is 4.01. The standard InChI is InChI=1S/C12H10ClN3O3S/c1-6-7(2)20-12(14-6)15-11(17)8-3-4-9(13)10(5-8)16(18)19/h3-5H,1-2H3,(H,14,15,17). The maximum atomic E-state index is 12.0. The number of carbonyl (C=O) groups is 1. The fraction of sp³-hybridized carbons (Fsp3) is 0.167. The van der Waals surface area contributed by atoms with E-state index in [9.17, 15) is 14.9 Å².